The Morgan fingerprint density at radius 1 is 1.44 bits per heavy atom. The first-order chi connectivity index (χ1) is 7.32. The lowest BCUT2D eigenvalue weighted by molar-refractivity contribution is -0.202. The minimum Gasteiger partial charge on any atom is -0.465 e. The number of aliphatic hydroxyl groups excluding tert-OH is 1. The van der Waals surface area contributed by atoms with Gasteiger partial charge in [-0.05, 0) is 13.3 Å². The quantitative estimate of drug-likeness (QED) is 0.679. The number of esters is 1. The van der Waals surface area contributed by atoms with Gasteiger partial charge in [0, 0.05) is 6.54 Å². The number of hydrogen-bond acceptors (Lipinski definition) is 4. The SMILES string of the molecule is CCOC(=O)C(CC)NCC(O)C(F)(F)F. The Morgan fingerprint density at radius 3 is 2.38 bits per heavy atom. The van der Waals surface area contributed by atoms with Gasteiger partial charge in [0.25, 0.3) is 0 Å². The van der Waals surface area contributed by atoms with E-state index in [-0.39, 0.29) is 6.61 Å². The van der Waals surface area contributed by atoms with Gasteiger partial charge in [-0.1, -0.05) is 6.92 Å². The summed E-state index contributed by atoms with van der Waals surface area (Å²) in [6, 6.07) is -0.822. The molecule has 0 aliphatic carbocycles. The second-order valence-electron chi connectivity index (χ2n) is 3.18. The molecule has 2 atom stereocenters. The van der Waals surface area contributed by atoms with Gasteiger partial charge in [0.05, 0.1) is 6.61 Å². The van der Waals surface area contributed by atoms with Crippen LogP contribution in [0.25, 0.3) is 0 Å². The van der Waals surface area contributed by atoms with Crippen molar-refractivity contribution in [3.8, 4) is 0 Å². The molecule has 0 rings (SSSR count). The molecule has 96 valence electrons. The monoisotopic (exact) mass is 243 g/mol. The van der Waals surface area contributed by atoms with Crippen LogP contribution in [0, 0.1) is 0 Å². The molecule has 0 aliphatic heterocycles. The molecule has 0 radical (unpaired) electrons. The zero-order valence-electron chi connectivity index (χ0n) is 9.17. The lowest BCUT2D eigenvalue weighted by atomic mass is 10.2. The average molecular weight is 243 g/mol. The van der Waals surface area contributed by atoms with E-state index in [2.05, 4.69) is 10.1 Å². The summed E-state index contributed by atoms with van der Waals surface area (Å²) in [4.78, 5) is 11.2. The predicted octanol–water partition coefficient (Wildman–Crippen LogP) is 0.841. The van der Waals surface area contributed by atoms with E-state index in [1.807, 2.05) is 0 Å². The topological polar surface area (TPSA) is 58.6 Å². The van der Waals surface area contributed by atoms with Crippen LogP contribution in [0.15, 0.2) is 0 Å². The molecule has 16 heavy (non-hydrogen) atoms. The van der Waals surface area contributed by atoms with Crippen LogP contribution in [0.5, 0.6) is 0 Å². The number of ether oxygens (including phenoxy) is 1. The van der Waals surface area contributed by atoms with Gasteiger partial charge in [0.1, 0.15) is 6.04 Å². The molecule has 0 aromatic rings. The second kappa shape index (κ2) is 6.70. The maximum atomic E-state index is 11.9. The van der Waals surface area contributed by atoms with E-state index in [4.69, 9.17) is 5.11 Å². The second-order valence-corrected chi connectivity index (χ2v) is 3.18. The van der Waals surface area contributed by atoms with Crippen LogP contribution in [0.2, 0.25) is 0 Å². The van der Waals surface area contributed by atoms with E-state index in [1.165, 1.54) is 0 Å². The third-order valence-electron chi connectivity index (χ3n) is 1.91. The Morgan fingerprint density at radius 2 is 2.00 bits per heavy atom. The van der Waals surface area contributed by atoms with E-state index in [0.717, 1.165) is 0 Å². The molecule has 0 spiro atoms. The van der Waals surface area contributed by atoms with Gasteiger partial charge in [-0.15, -0.1) is 0 Å². The van der Waals surface area contributed by atoms with E-state index in [1.54, 1.807) is 13.8 Å². The first kappa shape index (κ1) is 15.2. The number of alkyl halides is 3. The van der Waals surface area contributed by atoms with Crippen LogP contribution in [0.1, 0.15) is 20.3 Å². The first-order valence-electron chi connectivity index (χ1n) is 4.97. The Labute approximate surface area is 91.8 Å². The molecule has 0 aliphatic rings. The highest BCUT2D eigenvalue weighted by Gasteiger charge is 2.38. The smallest absolute Gasteiger partial charge is 0.415 e. The summed E-state index contributed by atoms with van der Waals surface area (Å²) < 4.78 is 40.5. The molecular formula is C9H16F3NO3. The molecule has 7 heteroatoms. The number of carbonyl (C=O) groups excluding carboxylic acids is 1. The van der Waals surface area contributed by atoms with Crippen LogP contribution in [0.3, 0.4) is 0 Å². The molecule has 0 aromatic carbocycles. The van der Waals surface area contributed by atoms with Gasteiger partial charge in [-0.3, -0.25) is 4.79 Å². The van der Waals surface area contributed by atoms with E-state index < -0.39 is 30.8 Å². The summed E-state index contributed by atoms with van der Waals surface area (Å²) in [5.74, 6) is -0.612. The molecule has 0 amide bonds. The Hall–Kier alpha value is -0.820. The third-order valence-corrected chi connectivity index (χ3v) is 1.91. The summed E-state index contributed by atoms with van der Waals surface area (Å²) >= 11 is 0. The van der Waals surface area contributed by atoms with Gasteiger partial charge in [0.2, 0.25) is 0 Å². The molecular weight excluding hydrogens is 227 g/mol. The lowest BCUT2D eigenvalue weighted by Crippen LogP contribution is -2.45. The highest BCUT2D eigenvalue weighted by Crippen LogP contribution is 2.19. The molecule has 2 N–H and O–H groups in total. The van der Waals surface area contributed by atoms with Crippen molar-refractivity contribution >= 4 is 5.97 Å². The summed E-state index contributed by atoms with van der Waals surface area (Å²) in [5.41, 5.74) is 0. The van der Waals surface area contributed by atoms with Crippen molar-refractivity contribution in [2.75, 3.05) is 13.2 Å². The summed E-state index contributed by atoms with van der Waals surface area (Å²) in [7, 11) is 0. The summed E-state index contributed by atoms with van der Waals surface area (Å²) in [5, 5.41) is 11.0. The molecule has 0 aromatic heterocycles. The average Bonchev–Trinajstić information content (AvgIpc) is 2.17. The van der Waals surface area contributed by atoms with E-state index in [9.17, 15) is 18.0 Å². The van der Waals surface area contributed by atoms with Gasteiger partial charge < -0.3 is 15.2 Å². The van der Waals surface area contributed by atoms with Crippen LogP contribution < -0.4 is 5.32 Å². The maximum Gasteiger partial charge on any atom is 0.415 e. The molecule has 0 bridgehead atoms. The number of carbonyl (C=O) groups is 1. The zero-order valence-corrected chi connectivity index (χ0v) is 9.17. The van der Waals surface area contributed by atoms with Crippen LogP contribution in [-0.2, 0) is 9.53 Å². The number of aliphatic hydroxyl groups is 1. The van der Waals surface area contributed by atoms with E-state index in [0.29, 0.717) is 6.42 Å². The Kier molecular flexibility index (Phi) is 6.35. The fourth-order valence-electron chi connectivity index (χ4n) is 1.01. The maximum absolute atomic E-state index is 11.9. The fraction of sp³-hybridized carbons (Fsp3) is 0.889. The standard InChI is InChI=1S/C9H16F3NO3/c1-3-6(8(15)16-4-2)13-5-7(14)9(10,11)12/h6-7,13-14H,3-5H2,1-2H3. The molecule has 2 unspecified atom stereocenters. The highest BCUT2D eigenvalue weighted by molar-refractivity contribution is 5.75. The summed E-state index contributed by atoms with van der Waals surface area (Å²) in [6.07, 6.45) is -6.86. The van der Waals surface area contributed by atoms with Crippen LogP contribution >= 0.6 is 0 Å². The van der Waals surface area contributed by atoms with Gasteiger partial charge in [0.15, 0.2) is 6.10 Å². The number of nitrogens with one attached hydrogen (secondary N) is 1. The first-order valence-corrected chi connectivity index (χ1v) is 4.97. The van der Waals surface area contributed by atoms with Crippen molar-refractivity contribution in [2.45, 2.75) is 38.6 Å². The predicted molar refractivity (Wildman–Crippen MR) is 50.8 cm³/mol. The largest absolute Gasteiger partial charge is 0.465 e. The van der Waals surface area contributed by atoms with Crippen molar-refractivity contribution in [2.24, 2.45) is 0 Å². The van der Waals surface area contributed by atoms with Crippen LogP contribution in [-0.4, -0.2) is 42.5 Å². The third kappa shape index (κ3) is 5.32. The molecule has 0 saturated carbocycles. The molecule has 0 fully saturated rings. The van der Waals surface area contributed by atoms with Crippen molar-refractivity contribution in [3.05, 3.63) is 0 Å². The number of rotatable bonds is 6. The Balaban J connectivity index is 4.10. The molecule has 0 heterocycles. The fourth-order valence-corrected chi connectivity index (χ4v) is 1.01. The van der Waals surface area contributed by atoms with Gasteiger partial charge in [-0.2, -0.15) is 13.2 Å². The van der Waals surface area contributed by atoms with Crippen molar-refractivity contribution < 1.29 is 27.8 Å². The van der Waals surface area contributed by atoms with Crippen molar-refractivity contribution in [1.29, 1.82) is 0 Å². The van der Waals surface area contributed by atoms with Crippen LogP contribution in [0.4, 0.5) is 13.2 Å². The van der Waals surface area contributed by atoms with Crippen molar-refractivity contribution in [1.82, 2.24) is 5.32 Å². The van der Waals surface area contributed by atoms with E-state index >= 15 is 0 Å². The molecule has 0 saturated heterocycles. The zero-order chi connectivity index (χ0) is 12.8. The minimum atomic E-state index is -4.68. The summed E-state index contributed by atoms with van der Waals surface area (Å²) in [6.45, 7) is 2.68. The van der Waals surface area contributed by atoms with Gasteiger partial charge >= 0.3 is 12.1 Å². The van der Waals surface area contributed by atoms with Gasteiger partial charge in [-0.25, -0.2) is 0 Å². The van der Waals surface area contributed by atoms with Crippen molar-refractivity contribution in [3.63, 3.8) is 0 Å². The Bertz CT molecular complexity index is 221. The lowest BCUT2D eigenvalue weighted by Gasteiger charge is -2.19. The molecule has 4 nitrogen and oxygen atoms in total. The highest BCUT2D eigenvalue weighted by atomic mass is 19.4. The normalized spacial score (nSPS) is 15.6. The number of halogens is 3. The number of hydrogen-bond donors (Lipinski definition) is 2. The minimum absolute atomic E-state index is 0.166.